The molecule has 0 unspecified atom stereocenters. The summed E-state index contributed by atoms with van der Waals surface area (Å²) in [7, 11) is -3.82. The Morgan fingerprint density at radius 2 is 1.82 bits per heavy atom. The van der Waals surface area contributed by atoms with Crippen LogP contribution >= 0.6 is 0 Å². The summed E-state index contributed by atoms with van der Waals surface area (Å²) in [5, 5.41) is 2.95. The van der Waals surface area contributed by atoms with Crippen LogP contribution in [0.2, 0.25) is 0 Å². The molecule has 1 aromatic rings. The summed E-state index contributed by atoms with van der Waals surface area (Å²) in [6.45, 7) is 7.09. The Kier molecular flexibility index (Phi) is 7.60. The van der Waals surface area contributed by atoms with E-state index >= 15 is 0 Å². The standard InChI is InChI=1S/C20H30N2O5S/c1-13-8-10-17(11-9-13)28(25,26)21-12-19(23)27-16(4)20(24)22-18-7-5-6-14(2)15(18)3/h8-11,14-16,18,21H,5-7,12H2,1-4H3,(H,22,24)/t14-,15-,16-,18+/m0/s1. The Labute approximate surface area is 167 Å². The van der Waals surface area contributed by atoms with E-state index < -0.39 is 28.6 Å². The second kappa shape index (κ2) is 9.52. The number of amides is 1. The summed E-state index contributed by atoms with van der Waals surface area (Å²) in [4.78, 5) is 24.4. The number of carbonyl (C=O) groups is 2. The largest absolute Gasteiger partial charge is 0.452 e. The number of carbonyl (C=O) groups excluding carboxylic acids is 2. The van der Waals surface area contributed by atoms with Crippen LogP contribution in [0.1, 0.15) is 45.6 Å². The maximum Gasteiger partial charge on any atom is 0.321 e. The lowest BCUT2D eigenvalue weighted by atomic mass is 9.78. The lowest BCUT2D eigenvalue weighted by molar-refractivity contribution is -0.154. The highest BCUT2D eigenvalue weighted by Gasteiger charge is 2.30. The maximum atomic E-state index is 12.3. The molecule has 1 amide bonds. The first-order valence-corrected chi connectivity index (χ1v) is 11.1. The molecule has 7 nitrogen and oxygen atoms in total. The van der Waals surface area contributed by atoms with E-state index in [0.29, 0.717) is 11.8 Å². The number of benzene rings is 1. The molecule has 1 aliphatic rings. The van der Waals surface area contributed by atoms with Crippen LogP contribution in [0.15, 0.2) is 29.2 Å². The van der Waals surface area contributed by atoms with Gasteiger partial charge in [0.15, 0.2) is 6.10 Å². The first kappa shape index (κ1) is 22.4. The molecule has 156 valence electrons. The van der Waals surface area contributed by atoms with Crippen molar-refractivity contribution in [3.05, 3.63) is 29.8 Å². The fourth-order valence-electron chi connectivity index (χ4n) is 3.33. The number of ether oxygens (including phenoxy) is 1. The van der Waals surface area contributed by atoms with Gasteiger partial charge in [-0.3, -0.25) is 9.59 Å². The summed E-state index contributed by atoms with van der Waals surface area (Å²) >= 11 is 0. The van der Waals surface area contributed by atoms with Crippen LogP contribution in [-0.2, 0) is 24.3 Å². The van der Waals surface area contributed by atoms with Gasteiger partial charge >= 0.3 is 5.97 Å². The van der Waals surface area contributed by atoms with Crippen molar-refractivity contribution < 1.29 is 22.7 Å². The summed E-state index contributed by atoms with van der Waals surface area (Å²) in [5.74, 6) is -0.265. The highest BCUT2D eigenvalue weighted by Crippen LogP contribution is 2.29. The molecule has 8 heteroatoms. The first-order chi connectivity index (χ1) is 13.1. The lowest BCUT2D eigenvalue weighted by Gasteiger charge is -2.35. The van der Waals surface area contributed by atoms with Gasteiger partial charge in [0, 0.05) is 6.04 Å². The molecule has 1 fully saturated rings. The van der Waals surface area contributed by atoms with Crippen molar-refractivity contribution in [1.29, 1.82) is 0 Å². The highest BCUT2D eigenvalue weighted by atomic mass is 32.2. The van der Waals surface area contributed by atoms with Crippen molar-refractivity contribution in [3.8, 4) is 0 Å². The summed E-state index contributed by atoms with van der Waals surface area (Å²) in [6, 6.07) is 6.34. The zero-order valence-corrected chi connectivity index (χ0v) is 17.7. The van der Waals surface area contributed by atoms with Gasteiger partial charge in [-0.2, -0.15) is 4.72 Å². The fourth-order valence-corrected chi connectivity index (χ4v) is 4.30. The second-order valence-corrected chi connectivity index (χ2v) is 9.42. The topological polar surface area (TPSA) is 102 Å². The SMILES string of the molecule is Cc1ccc(S(=O)(=O)NCC(=O)O[C@@H](C)C(=O)N[C@@H]2CCC[C@H](C)[C@@H]2C)cc1. The van der Waals surface area contributed by atoms with E-state index in [1.807, 2.05) is 6.92 Å². The van der Waals surface area contributed by atoms with Crippen LogP contribution in [0, 0.1) is 18.8 Å². The minimum Gasteiger partial charge on any atom is -0.452 e. The zero-order valence-electron chi connectivity index (χ0n) is 16.9. The van der Waals surface area contributed by atoms with E-state index in [4.69, 9.17) is 4.74 Å². The molecule has 2 N–H and O–H groups in total. The van der Waals surface area contributed by atoms with Crippen molar-refractivity contribution in [2.75, 3.05) is 6.54 Å². The molecule has 0 bridgehead atoms. The molecule has 0 aromatic heterocycles. The van der Waals surface area contributed by atoms with Crippen molar-refractivity contribution in [2.45, 2.75) is 64.0 Å². The van der Waals surface area contributed by atoms with Crippen LogP contribution in [0.3, 0.4) is 0 Å². The third kappa shape index (κ3) is 6.04. The average Bonchev–Trinajstić information content (AvgIpc) is 2.64. The maximum absolute atomic E-state index is 12.3. The van der Waals surface area contributed by atoms with Crippen LogP contribution in [0.5, 0.6) is 0 Å². The van der Waals surface area contributed by atoms with Crippen LogP contribution < -0.4 is 10.0 Å². The van der Waals surface area contributed by atoms with Crippen molar-refractivity contribution >= 4 is 21.9 Å². The van der Waals surface area contributed by atoms with Crippen LogP contribution in [-0.4, -0.2) is 39.0 Å². The van der Waals surface area contributed by atoms with E-state index in [9.17, 15) is 18.0 Å². The number of sulfonamides is 1. The van der Waals surface area contributed by atoms with Crippen molar-refractivity contribution in [1.82, 2.24) is 10.0 Å². The van der Waals surface area contributed by atoms with E-state index in [1.165, 1.54) is 19.1 Å². The Morgan fingerprint density at radius 3 is 2.46 bits per heavy atom. The predicted octanol–water partition coefficient (Wildman–Crippen LogP) is 2.15. The van der Waals surface area contributed by atoms with Gasteiger partial charge in [-0.1, -0.05) is 44.4 Å². The zero-order chi connectivity index (χ0) is 20.9. The highest BCUT2D eigenvalue weighted by molar-refractivity contribution is 7.89. The Bertz CT molecular complexity index is 791. The quantitative estimate of drug-likeness (QED) is 0.671. The van der Waals surface area contributed by atoms with Crippen molar-refractivity contribution in [3.63, 3.8) is 0 Å². The molecular weight excluding hydrogens is 380 g/mol. The van der Waals surface area contributed by atoms with E-state index in [2.05, 4.69) is 23.9 Å². The van der Waals surface area contributed by atoms with Crippen LogP contribution in [0.25, 0.3) is 0 Å². The Hall–Kier alpha value is -1.93. The summed E-state index contributed by atoms with van der Waals surface area (Å²) < 4.78 is 31.7. The fraction of sp³-hybridized carbons (Fsp3) is 0.600. The van der Waals surface area contributed by atoms with Gasteiger partial charge in [0.25, 0.3) is 5.91 Å². The third-order valence-corrected chi connectivity index (χ3v) is 6.87. The molecule has 0 spiro atoms. The molecule has 0 radical (unpaired) electrons. The van der Waals surface area contributed by atoms with Gasteiger partial charge in [0.2, 0.25) is 10.0 Å². The molecule has 2 rings (SSSR count). The molecular formula is C20H30N2O5S. The van der Waals surface area contributed by atoms with E-state index in [-0.39, 0.29) is 16.8 Å². The number of nitrogens with one attached hydrogen (secondary N) is 2. The molecule has 1 aliphatic carbocycles. The van der Waals surface area contributed by atoms with Gasteiger partial charge in [-0.25, -0.2) is 8.42 Å². The number of esters is 1. The molecule has 1 aromatic carbocycles. The number of rotatable bonds is 7. The summed E-state index contributed by atoms with van der Waals surface area (Å²) in [6.07, 6.45) is 2.14. The van der Waals surface area contributed by atoms with Gasteiger partial charge in [0.05, 0.1) is 4.90 Å². The average molecular weight is 411 g/mol. The smallest absolute Gasteiger partial charge is 0.321 e. The molecule has 0 saturated heterocycles. The molecule has 0 aliphatic heterocycles. The number of hydrogen-bond donors (Lipinski definition) is 2. The van der Waals surface area contributed by atoms with E-state index in [1.54, 1.807) is 12.1 Å². The normalized spacial score (nSPS) is 23.6. The second-order valence-electron chi connectivity index (χ2n) is 7.65. The first-order valence-electron chi connectivity index (χ1n) is 9.66. The third-order valence-electron chi connectivity index (χ3n) is 5.45. The number of hydrogen-bond acceptors (Lipinski definition) is 5. The van der Waals surface area contributed by atoms with E-state index in [0.717, 1.165) is 24.8 Å². The lowest BCUT2D eigenvalue weighted by Crippen LogP contribution is -2.48. The summed E-state index contributed by atoms with van der Waals surface area (Å²) in [5.41, 5.74) is 0.930. The van der Waals surface area contributed by atoms with Crippen LogP contribution in [0.4, 0.5) is 0 Å². The Morgan fingerprint density at radius 1 is 1.18 bits per heavy atom. The minimum atomic E-state index is -3.82. The predicted molar refractivity (Wildman–Crippen MR) is 106 cm³/mol. The number of aryl methyl sites for hydroxylation is 1. The van der Waals surface area contributed by atoms with Gasteiger partial charge < -0.3 is 10.1 Å². The Balaban J connectivity index is 1.83. The van der Waals surface area contributed by atoms with Crippen molar-refractivity contribution in [2.24, 2.45) is 11.8 Å². The molecule has 0 heterocycles. The molecule has 4 atom stereocenters. The van der Waals surface area contributed by atoms with Gasteiger partial charge in [0.1, 0.15) is 6.54 Å². The van der Waals surface area contributed by atoms with Gasteiger partial charge in [-0.05, 0) is 44.2 Å². The monoisotopic (exact) mass is 410 g/mol. The minimum absolute atomic E-state index is 0.0668. The van der Waals surface area contributed by atoms with Gasteiger partial charge in [-0.15, -0.1) is 0 Å². The molecule has 1 saturated carbocycles. The molecule has 28 heavy (non-hydrogen) atoms.